The number of aryl methyl sites for hydroxylation is 1. The van der Waals surface area contributed by atoms with Crippen molar-refractivity contribution in [1.82, 2.24) is 14.3 Å². The van der Waals surface area contributed by atoms with Crippen LogP contribution in [0.15, 0.2) is 24.5 Å². The van der Waals surface area contributed by atoms with E-state index in [1.165, 1.54) is 19.2 Å². The second-order valence-corrected chi connectivity index (χ2v) is 5.78. The first-order valence-corrected chi connectivity index (χ1v) is 7.24. The quantitative estimate of drug-likeness (QED) is 0.540. The van der Waals surface area contributed by atoms with Gasteiger partial charge >= 0.3 is 6.18 Å². The Hall–Kier alpha value is -1.51. The monoisotopic (exact) mass is 383 g/mol. The van der Waals surface area contributed by atoms with E-state index >= 15 is 0 Å². The van der Waals surface area contributed by atoms with Crippen LogP contribution in [-0.2, 0) is 13.2 Å². The van der Waals surface area contributed by atoms with Crippen molar-refractivity contribution in [2.45, 2.75) is 13.1 Å². The number of hydrogen-bond donors (Lipinski definition) is 0. The first-order valence-electron chi connectivity index (χ1n) is 6.08. The summed E-state index contributed by atoms with van der Waals surface area (Å²) in [6.45, 7) is 5.15. The second kappa shape index (κ2) is 6.18. The Kier molecular flexibility index (Phi) is 4.79. The van der Waals surface area contributed by atoms with Gasteiger partial charge in [-0.15, -0.1) is 5.10 Å². The Bertz CT molecular complexity index is 842. The summed E-state index contributed by atoms with van der Waals surface area (Å²) in [5.41, 5.74) is -0.0452. The number of ether oxygens (including phenoxy) is 1. The average molecular weight is 384 g/mol. The highest BCUT2D eigenvalue weighted by Crippen LogP contribution is 2.37. The molecule has 0 spiro atoms. The molecule has 2 rings (SSSR count). The van der Waals surface area contributed by atoms with Gasteiger partial charge in [0.2, 0.25) is 10.6 Å². The van der Waals surface area contributed by atoms with E-state index < -0.39 is 12.0 Å². The third-order valence-electron chi connectivity index (χ3n) is 2.70. The van der Waals surface area contributed by atoms with Crippen LogP contribution in [0.5, 0.6) is 5.75 Å². The first kappa shape index (κ1) is 17.8. The third kappa shape index (κ3) is 3.54. The van der Waals surface area contributed by atoms with Gasteiger partial charge in [0.15, 0.2) is 0 Å². The van der Waals surface area contributed by atoms with Gasteiger partial charge in [0, 0.05) is 13.1 Å². The van der Waals surface area contributed by atoms with Crippen molar-refractivity contribution < 1.29 is 17.9 Å². The number of alkyl halides is 3. The van der Waals surface area contributed by atoms with E-state index in [1.807, 2.05) is 0 Å². The molecule has 1 heterocycles. The summed E-state index contributed by atoms with van der Waals surface area (Å²) < 4.78 is 46.2. The van der Waals surface area contributed by atoms with E-state index in [4.69, 9.17) is 40.2 Å². The van der Waals surface area contributed by atoms with Crippen molar-refractivity contribution in [3.8, 4) is 11.4 Å². The molecule has 0 radical (unpaired) electrons. The van der Waals surface area contributed by atoms with Crippen LogP contribution in [0.2, 0.25) is 10.0 Å². The predicted molar refractivity (Wildman–Crippen MR) is 83.8 cm³/mol. The molecule has 23 heavy (non-hydrogen) atoms. The number of nitrogens with zero attached hydrogens (tertiary/aromatic N) is 3. The molecule has 0 fully saturated rings. The Morgan fingerprint density at radius 2 is 1.91 bits per heavy atom. The molecule has 2 aromatic rings. The smallest absolute Gasteiger partial charge is 0.452 e. The van der Waals surface area contributed by atoms with Crippen molar-refractivity contribution in [2.24, 2.45) is 7.05 Å². The number of allylic oxidation sites excluding steroid dienone is 1. The maximum atomic E-state index is 13.2. The molecule has 1 aromatic carbocycles. The molecule has 0 unspecified atom stereocenters. The lowest BCUT2D eigenvalue weighted by molar-refractivity contribution is -0.146. The van der Waals surface area contributed by atoms with Crippen molar-refractivity contribution in [3.05, 3.63) is 45.1 Å². The molecule has 1 aromatic heterocycles. The minimum absolute atomic E-state index is 0.0275. The van der Waals surface area contributed by atoms with Crippen molar-refractivity contribution in [2.75, 3.05) is 0 Å². The molecule has 4 nitrogen and oxygen atoms in total. The summed E-state index contributed by atoms with van der Waals surface area (Å²) in [7, 11) is 1.31. The lowest BCUT2D eigenvalue weighted by Gasteiger charge is -2.13. The summed E-state index contributed by atoms with van der Waals surface area (Å²) in [6.07, 6.45) is -4.71. The van der Waals surface area contributed by atoms with Crippen LogP contribution in [0.1, 0.15) is 12.7 Å². The second-order valence-electron chi connectivity index (χ2n) is 4.60. The predicted octanol–water partition coefficient (Wildman–Crippen LogP) is 5.18. The molecular formula is C13H10Cl2F3N3OS. The zero-order valence-corrected chi connectivity index (χ0v) is 14.2. The van der Waals surface area contributed by atoms with Crippen LogP contribution in [0.3, 0.4) is 0 Å². The van der Waals surface area contributed by atoms with Gasteiger partial charge in [-0.1, -0.05) is 29.8 Å². The van der Waals surface area contributed by atoms with Crippen molar-refractivity contribution in [3.63, 3.8) is 0 Å². The Balaban J connectivity index is 2.71. The van der Waals surface area contributed by atoms with Gasteiger partial charge in [-0.2, -0.15) is 13.2 Å². The molecule has 0 atom stereocenters. The summed E-state index contributed by atoms with van der Waals surface area (Å²) in [5, 5.41) is 3.44. The largest absolute Gasteiger partial charge is 0.461 e. The summed E-state index contributed by atoms with van der Waals surface area (Å²) >= 11 is 17.1. The van der Waals surface area contributed by atoms with Crippen molar-refractivity contribution in [1.29, 1.82) is 0 Å². The van der Waals surface area contributed by atoms with E-state index in [0.717, 1.165) is 4.68 Å². The number of hydrogen-bond acceptors (Lipinski definition) is 3. The standard InChI is InChI=1S/C13H10Cl2F3N3OS/c1-6(2)22-10-5-7(14)9(4-8(10)15)21-11(13(16,17)18)19-20(3)12(21)23/h4-5H,1H2,2-3H3. The molecule has 0 amide bonds. The number of rotatable bonds is 3. The minimum Gasteiger partial charge on any atom is -0.461 e. The SMILES string of the molecule is C=C(C)Oc1cc(Cl)c(-n2c(C(F)(F)F)nn(C)c2=S)cc1Cl. The Labute approximate surface area is 144 Å². The first-order chi connectivity index (χ1) is 10.5. The highest BCUT2D eigenvalue weighted by Gasteiger charge is 2.39. The topological polar surface area (TPSA) is 32.0 Å². The molecule has 0 N–H and O–H groups in total. The van der Waals surface area contributed by atoms with Gasteiger partial charge in [-0.3, -0.25) is 4.57 Å². The fraction of sp³-hybridized carbons (Fsp3) is 0.231. The molecule has 0 saturated heterocycles. The third-order valence-corrected chi connectivity index (χ3v) is 3.75. The van der Waals surface area contributed by atoms with Gasteiger partial charge in [0.1, 0.15) is 5.75 Å². The van der Waals surface area contributed by atoms with Gasteiger partial charge in [0.25, 0.3) is 0 Å². The molecule has 0 aliphatic rings. The summed E-state index contributed by atoms with van der Waals surface area (Å²) in [5.74, 6) is -0.668. The normalized spacial score (nSPS) is 11.6. The molecule has 10 heteroatoms. The highest BCUT2D eigenvalue weighted by atomic mass is 35.5. The summed E-state index contributed by atoms with van der Waals surface area (Å²) in [6, 6.07) is 2.53. The molecular weight excluding hydrogens is 374 g/mol. The highest BCUT2D eigenvalue weighted by molar-refractivity contribution is 7.71. The van der Waals surface area contributed by atoms with E-state index in [9.17, 15) is 13.2 Å². The van der Waals surface area contributed by atoms with Gasteiger partial charge in [0.05, 0.1) is 21.5 Å². The zero-order valence-electron chi connectivity index (χ0n) is 11.9. The lowest BCUT2D eigenvalue weighted by Crippen LogP contribution is -2.14. The number of aromatic nitrogens is 3. The van der Waals surface area contributed by atoms with E-state index in [0.29, 0.717) is 10.3 Å². The average Bonchev–Trinajstić information content (AvgIpc) is 2.69. The molecule has 0 aliphatic carbocycles. The Morgan fingerprint density at radius 3 is 2.43 bits per heavy atom. The number of benzene rings is 1. The number of halogens is 5. The van der Waals surface area contributed by atoms with E-state index in [2.05, 4.69) is 11.7 Å². The van der Waals surface area contributed by atoms with Crippen LogP contribution >= 0.6 is 35.4 Å². The molecule has 0 bridgehead atoms. The van der Waals surface area contributed by atoms with Gasteiger partial charge < -0.3 is 4.74 Å². The van der Waals surface area contributed by atoms with Crippen molar-refractivity contribution >= 4 is 35.4 Å². The van der Waals surface area contributed by atoms with Crippen LogP contribution in [0.25, 0.3) is 5.69 Å². The van der Waals surface area contributed by atoms with Crippen LogP contribution in [-0.4, -0.2) is 14.3 Å². The minimum atomic E-state index is -4.71. The Morgan fingerprint density at radius 1 is 1.30 bits per heavy atom. The van der Waals surface area contributed by atoms with Gasteiger partial charge in [-0.05, 0) is 25.2 Å². The van der Waals surface area contributed by atoms with E-state index in [-0.39, 0.29) is 26.3 Å². The summed E-state index contributed by atoms with van der Waals surface area (Å²) in [4.78, 5) is 0. The van der Waals surface area contributed by atoms with E-state index in [1.54, 1.807) is 6.92 Å². The fourth-order valence-corrected chi connectivity index (χ4v) is 2.48. The maximum Gasteiger partial charge on any atom is 0.452 e. The lowest BCUT2D eigenvalue weighted by atomic mass is 10.3. The zero-order chi connectivity index (χ0) is 17.5. The van der Waals surface area contributed by atoms with Gasteiger partial charge in [-0.25, -0.2) is 4.68 Å². The molecule has 0 aliphatic heterocycles. The van der Waals surface area contributed by atoms with Crippen LogP contribution < -0.4 is 4.74 Å². The van der Waals surface area contributed by atoms with Crippen LogP contribution in [0, 0.1) is 4.77 Å². The molecule has 124 valence electrons. The maximum absolute atomic E-state index is 13.2. The van der Waals surface area contributed by atoms with Crippen LogP contribution in [0.4, 0.5) is 13.2 Å². The molecule has 0 saturated carbocycles. The fourth-order valence-electron chi connectivity index (χ4n) is 1.82.